The fourth-order valence-corrected chi connectivity index (χ4v) is 1.89. The molecule has 94 valence electrons. The molecule has 0 unspecified atom stereocenters. The van der Waals surface area contributed by atoms with E-state index in [0.717, 1.165) is 0 Å². The van der Waals surface area contributed by atoms with E-state index in [-0.39, 0.29) is 10.7 Å². The van der Waals surface area contributed by atoms with Crippen LogP contribution in [0.3, 0.4) is 0 Å². The van der Waals surface area contributed by atoms with Crippen LogP contribution in [0.15, 0.2) is 28.3 Å². The van der Waals surface area contributed by atoms with Crippen molar-refractivity contribution in [2.75, 3.05) is 11.6 Å². The van der Waals surface area contributed by atoms with Gasteiger partial charge < -0.3 is 5.32 Å². The van der Waals surface area contributed by atoms with Crippen molar-refractivity contribution in [1.82, 2.24) is 19.7 Å². The number of aryl methyl sites for hydroxylation is 1. The van der Waals surface area contributed by atoms with Gasteiger partial charge in [-0.15, -0.1) is 0 Å². The Morgan fingerprint density at radius 2 is 2.28 bits per heavy atom. The summed E-state index contributed by atoms with van der Waals surface area (Å²) in [5.74, 6) is 0.536. The quantitative estimate of drug-likeness (QED) is 0.683. The molecule has 1 N–H and O–H groups in total. The van der Waals surface area contributed by atoms with E-state index in [0.29, 0.717) is 16.7 Å². The average molecular weight is 284 g/mol. The number of halogens is 1. The van der Waals surface area contributed by atoms with E-state index in [9.17, 15) is 4.79 Å². The van der Waals surface area contributed by atoms with Crippen molar-refractivity contribution in [3.05, 3.63) is 33.8 Å². The Balaban J connectivity index is 2.36. The maximum absolute atomic E-state index is 11.8. The highest BCUT2D eigenvalue weighted by atomic mass is 35.5. The van der Waals surface area contributed by atoms with Crippen LogP contribution in [0.1, 0.15) is 0 Å². The second-order valence-electron chi connectivity index (χ2n) is 3.36. The topological polar surface area (TPSA) is 72.7 Å². The zero-order valence-corrected chi connectivity index (χ0v) is 11.3. The lowest BCUT2D eigenvalue weighted by molar-refractivity contribution is 0.710. The Morgan fingerprint density at radius 1 is 1.50 bits per heavy atom. The number of hydrogen-bond acceptors (Lipinski definition) is 6. The van der Waals surface area contributed by atoms with Crippen molar-refractivity contribution in [2.45, 2.75) is 5.16 Å². The number of thioether (sulfide) groups is 1. The van der Waals surface area contributed by atoms with Crippen LogP contribution in [-0.2, 0) is 7.05 Å². The largest absolute Gasteiger partial charge is 0.335 e. The van der Waals surface area contributed by atoms with Gasteiger partial charge in [0.1, 0.15) is 11.5 Å². The minimum absolute atomic E-state index is 0.235. The second kappa shape index (κ2) is 5.36. The summed E-state index contributed by atoms with van der Waals surface area (Å²) >= 11 is 7.22. The van der Waals surface area contributed by atoms with Crippen LogP contribution in [0.25, 0.3) is 0 Å². The lowest BCUT2D eigenvalue weighted by atomic mass is 10.4. The molecule has 2 heterocycles. The van der Waals surface area contributed by atoms with Gasteiger partial charge in [-0.25, -0.2) is 14.6 Å². The first kappa shape index (κ1) is 12.8. The van der Waals surface area contributed by atoms with E-state index < -0.39 is 0 Å². The summed E-state index contributed by atoms with van der Waals surface area (Å²) in [6, 6.07) is 3.14. The summed E-state index contributed by atoms with van der Waals surface area (Å²) in [5, 5.41) is 7.57. The summed E-state index contributed by atoms with van der Waals surface area (Å²) in [4.78, 5) is 20.1. The number of rotatable bonds is 3. The lowest BCUT2D eigenvalue weighted by Crippen LogP contribution is -2.22. The molecule has 18 heavy (non-hydrogen) atoms. The van der Waals surface area contributed by atoms with Gasteiger partial charge in [0.15, 0.2) is 10.3 Å². The van der Waals surface area contributed by atoms with Gasteiger partial charge in [0.2, 0.25) is 0 Å². The molecule has 0 fully saturated rings. The van der Waals surface area contributed by atoms with Crippen LogP contribution in [0, 0.1) is 0 Å². The highest BCUT2D eigenvalue weighted by Gasteiger charge is 2.06. The minimum Gasteiger partial charge on any atom is -0.335 e. The number of aromatic nitrogens is 4. The van der Waals surface area contributed by atoms with Crippen molar-refractivity contribution < 1.29 is 0 Å². The monoisotopic (exact) mass is 283 g/mol. The minimum atomic E-state index is -0.274. The highest BCUT2D eigenvalue weighted by Crippen LogP contribution is 2.15. The maximum atomic E-state index is 11.8. The number of nitrogens with one attached hydrogen (secondary N) is 1. The molecular formula is C10H10ClN5OS. The Hall–Kier alpha value is -1.60. The molecule has 0 spiro atoms. The van der Waals surface area contributed by atoms with Crippen LogP contribution in [0.4, 0.5) is 11.5 Å². The summed E-state index contributed by atoms with van der Waals surface area (Å²) in [7, 11) is 1.53. The first-order chi connectivity index (χ1) is 8.60. The van der Waals surface area contributed by atoms with Gasteiger partial charge in [-0.05, 0) is 12.3 Å². The number of hydrogen-bond donors (Lipinski definition) is 1. The lowest BCUT2D eigenvalue weighted by Gasteiger charge is -2.07. The van der Waals surface area contributed by atoms with Crippen LogP contribution >= 0.6 is 23.4 Å². The summed E-state index contributed by atoms with van der Waals surface area (Å²) in [6.45, 7) is 0. The molecule has 2 aromatic rings. The van der Waals surface area contributed by atoms with Gasteiger partial charge in [-0.2, -0.15) is 5.10 Å². The fourth-order valence-electron chi connectivity index (χ4n) is 1.31. The van der Waals surface area contributed by atoms with Crippen LogP contribution < -0.4 is 10.9 Å². The zero-order chi connectivity index (χ0) is 13.1. The van der Waals surface area contributed by atoms with Crippen LogP contribution in [-0.4, -0.2) is 26.0 Å². The van der Waals surface area contributed by atoms with Gasteiger partial charge in [0.05, 0.1) is 0 Å². The molecule has 6 nitrogen and oxygen atoms in total. The number of nitrogens with zero attached hydrogens (tertiary/aromatic N) is 4. The molecule has 0 amide bonds. The normalized spacial score (nSPS) is 10.4. The van der Waals surface area contributed by atoms with Gasteiger partial charge >= 0.3 is 0 Å². The third-order valence-corrected chi connectivity index (χ3v) is 2.86. The van der Waals surface area contributed by atoms with Crippen LogP contribution in [0.2, 0.25) is 5.15 Å². The Bertz CT molecular complexity index is 630. The molecule has 0 aliphatic heterocycles. The Labute approximate surface area is 112 Å². The van der Waals surface area contributed by atoms with E-state index in [2.05, 4.69) is 20.4 Å². The molecule has 0 saturated heterocycles. The van der Waals surface area contributed by atoms with Crippen molar-refractivity contribution in [3.8, 4) is 0 Å². The summed E-state index contributed by atoms with van der Waals surface area (Å²) in [6.07, 6.45) is 3.50. The van der Waals surface area contributed by atoms with E-state index >= 15 is 0 Å². The first-order valence-corrected chi connectivity index (χ1v) is 6.58. The van der Waals surface area contributed by atoms with Crippen molar-refractivity contribution in [2.24, 2.45) is 7.05 Å². The molecular weight excluding hydrogens is 274 g/mol. The van der Waals surface area contributed by atoms with Crippen molar-refractivity contribution in [3.63, 3.8) is 0 Å². The van der Waals surface area contributed by atoms with Gasteiger partial charge in [0, 0.05) is 19.3 Å². The number of anilines is 2. The van der Waals surface area contributed by atoms with E-state index in [4.69, 9.17) is 11.6 Å². The smallest absolute Gasteiger partial charge is 0.290 e. The van der Waals surface area contributed by atoms with E-state index in [1.807, 2.05) is 6.26 Å². The molecule has 0 atom stereocenters. The zero-order valence-electron chi connectivity index (χ0n) is 9.72. The molecule has 0 aliphatic rings. The average Bonchev–Trinajstić information content (AvgIpc) is 2.35. The summed E-state index contributed by atoms with van der Waals surface area (Å²) in [5.41, 5.74) is 0.0481. The van der Waals surface area contributed by atoms with Crippen LogP contribution in [0.5, 0.6) is 0 Å². The Morgan fingerprint density at radius 3 is 3.00 bits per heavy atom. The fraction of sp³-hybridized carbons (Fsp3) is 0.200. The molecule has 0 bridgehead atoms. The van der Waals surface area contributed by atoms with Crippen molar-refractivity contribution >= 4 is 34.9 Å². The third-order valence-electron chi connectivity index (χ3n) is 2.11. The summed E-state index contributed by atoms with van der Waals surface area (Å²) < 4.78 is 1.17. The molecule has 0 aromatic carbocycles. The second-order valence-corrected chi connectivity index (χ2v) is 4.52. The first-order valence-electron chi connectivity index (χ1n) is 4.98. The van der Waals surface area contributed by atoms with E-state index in [1.54, 1.807) is 12.3 Å². The van der Waals surface area contributed by atoms with E-state index in [1.165, 1.54) is 29.6 Å². The van der Waals surface area contributed by atoms with Crippen molar-refractivity contribution in [1.29, 1.82) is 0 Å². The standard InChI is InChI=1S/C10H10ClN5OS/c1-16-9(17)6(5-7(11)15-16)13-8-3-4-12-10(14-8)18-2/h3-5H,1-2H3,(H,12,13,14). The molecule has 0 aliphatic carbocycles. The highest BCUT2D eigenvalue weighted by molar-refractivity contribution is 7.98. The molecule has 8 heteroatoms. The predicted molar refractivity (Wildman–Crippen MR) is 71.6 cm³/mol. The molecule has 0 radical (unpaired) electrons. The molecule has 2 rings (SSSR count). The SMILES string of the molecule is CSc1nccc(Nc2cc(Cl)nn(C)c2=O)n1. The third kappa shape index (κ3) is 2.80. The van der Waals surface area contributed by atoms with Gasteiger partial charge in [-0.3, -0.25) is 4.79 Å². The predicted octanol–water partition coefficient (Wildman–Crippen LogP) is 1.69. The molecule has 2 aromatic heterocycles. The maximum Gasteiger partial charge on any atom is 0.290 e. The Kier molecular flexibility index (Phi) is 3.83. The molecule has 0 saturated carbocycles. The van der Waals surface area contributed by atoms with Gasteiger partial charge in [-0.1, -0.05) is 23.4 Å². The van der Waals surface area contributed by atoms with Gasteiger partial charge in [0.25, 0.3) is 5.56 Å².